The quantitative estimate of drug-likeness (QED) is 0.631. The van der Waals surface area contributed by atoms with Crippen molar-refractivity contribution in [2.45, 2.75) is 39.7 Å². The van der Waals surface area contributed by atoms with Crippen LogP contribution in [0.25, 0.3) is 11.0 Å². The van der Waals surface area contributed by atoms with E-state index in [0.29, 0.717) is 13.0 Å². The van der Waals surface area contributed by atoms with Gasteiger partial charge in [-0.25, -0.2) is 4.98 Å². The number of nitrogens with zero attached hydrogens (tertiary/aromatic N) is 3. The Morgan fingerprint density at radius 2 is 1.96 bits per heavy atom. The van der Waals surface area contributed by atoms with Crippen LogP contribution in [0.3, 0.4) is 0 Å². The number of hydrogen-bond acceptors (Lipinski definition) is 2. The first-order valence-electron chi connectivity index (χ1n) is 9.41. The number of allylic oxidation sites excluding steroid dienone is 1. The second-order valence-electron chi connectivity index (χ2n) is 7.68. The standard InChI is InChI=1S/C23H25N3O/c1-15(2)13-26-21-8-6-5-7-20(21)24-23(26)18-12-22(27)25(14-18)19-10-9-16(3)17(4)11-19/h5-11,18H,1,12-14H2,2-4H3/t18-/m1/s1. The molecule has 0 aliphatic carbocycles. The normalized spacial score (nSPS) is 17.1. The lowest BCUT2D eigenvalue weighted by molar-refractivity contribution is -0.117. The van der Waals surface area contributed by atoms with Gasteiger partial charge in [0.25, 0.3) is 0 Å². The highest BCUT2D eigenvalue weighted by Crippen LogP contribution is 2.34. The Labute approximate surface area is 160 Å². The van der Waals surface area contributed by atoms with Gasteiger partial charge in [-0.3, -0.25) is 4.79 Å². The van der Waals surface area contributed by atoms with Crippen LogP contribution in [0.5, 0.6) is 0 Å². The number of rotatable bonds is 4. The van der Waals surface area contributed by atoms with E-state index in [1.54, 1.807) is 0 Å². The topological polar surface area (TPSA) is 38.1 Å². The van der Waals surface area contributed by atoms with Crippen molar-refractivity contribution in [1.82, 2.24) is 9.55 Å². The zero-order valence-corrected chi connectivity index (χ0v) is 16.2. The molecule has 0 radical (unpaired) electrons. The highest BCUT2D eigenvalue weighted by atomic mass is 16.2. The van der Waals surface area contributed by atoms with E-state index in [2.05, 4.69) is 43.2 Å². The summed E-state index contributed by atoms with van der Waals surface area (Å²) in [5, 5.41) is 0. The van der Waals surface area contributed by atoms with Crippen molar-refractivity contribution in [3.63, 3.8) is 0 Å². The van der Waals surface area contributed by atoms with E-state index in [1.165, 1.54) is 11.1 Å². The number of fused-ring (bicyclic) bond motifs is 1. The van der Waals surface area contributed by atoms with Crippen LogP contribution in [0.15, 0.2) is 54.6 Å². The van der Waals surface area contributed by atoms with Crippen LogP contribution in [0.2, 0.25) is 0 Å². The molecule has 27 heavy (non-hydrogen) atoms. The Morgan fingerprint density at radius 3 is 2.70 bits per heavy atom. The number of amides is 1. The van der Waals surface area contributed by atoms with Crippen molar-refractivity contribution in [2.75, 3.05) is 11.4 Å². The Kier molecular flexibility index (Phi) is 4.34. The molecule has 0 saturated carbocycles. The SMILES string of the molecule is C=C(C)Cn1c([C@@H]2CC(=O)N(c3ccc(C)c(C)c3)C2)nc2ccccc21. The molecule has 0 bridgehead atoms. The van der Waals surface area contributed by atoms with E-state index in [-0.39, 0.29) is 11.8 Å². The summed E-state index contributed by atoms with van der Waals surface area (Å²) in [6.07, 6.45) is 0.492. The molecule has 1 atom stereocenters. The highest BCUT2D eigenvalue weighted by molar-refractivity contribution is 5.96. The first-order chi connectivity index (χ1) is 12.9. The van der Waals surface area contributed by atoms with E-state index >= 15 is 0 Å². The van der Waals surface area contributed by atoms with Crippen LogP contribution >= 0.6 is 0 Å². The Hall–Kier alpha value is -2.88. The molecule has 1 saturated heterocycles. The third kappa shape index (κ3) is 3.16. The second kappa shape index (κ2) is 6.69. The molecule has 3 aromatic rings. The minimum absolute atomic E-state index is 0.0888. The van der Waals surface area contributed by atoms with E-state index in [1.807, 2.05) is 36.1 Å². The zero-order chi connectivity index (χ0) is 19.1. The van der Waals surface area contributed by atoms with Gasteiger partial charge in [-0.15, -0.1) is 0 Å². The summed E-state index contributed by atoms with van der Waals surface area (Å²) in [5.74, 6) is 1.24. The third-order valence-corrected chi connectivity index (χ3v) is 5.40. The summed E-state index contributed by atoms with van der Waals surface area (Å²) in [5.41, 5.74) is 6.59. The van der Waals surface area contributed by atoms with Gasteiger partial charge in [-0.2, -0.15) is 0 Å². The molecule has 0 N–H and O–H groups in total. The molecular formula is C23H25N3O. The molecule has 2 heterocycles. The number of para-hydroxylation sites is 2. The third-order valence-electron chi connectivity index (χ3n) is 5.40. The monoisotopic (exact) mass is 359 g/mol. The fraction of sp³-hybridized carbons (Fsp3) is 0.304. The van der Waals surface area contributed by atoms with Gasteiger partial charge < -0.3 is 9.47 Å². The number of aryl methyl sites for hydroxylation is 2. The van der Waals surface area contributed by atoms with E-state index < -0.39 is 0 Å². The average Bonchev–Trinajstić information content (AvgIpc) is 3.18. The average molecular weight is 359 g/mol. The number of anilines is 1. The molecule has 4 nitrogen and oxygen atoms in total. The van der Waals surface area contributed by atoms with Gasteiger partial charge in [0.15, 0.2) is 0 Å². The predicted molar refractivity (Wildman–Crippen MR) is 110 cm³/mol. The largest absolute Gasteiger partial charge is 0.324 e. The predicted octanol–water partition coefficient (Wildman–Crippen LogP) is 4.75. The van der Waals surface area contributed by atoms with Crippen molar-refractivity contribution in [2.24, 2.45) is 0 Å². The van der Waals surface area contributed by atoms with Crippen LogP contribution < -0.4 is 4.90 Å². The maximum absolute atomic E-state index is 12.8. The maximum atomic E-state index is 12.8. The number of imidazole rings is 1. The minimum atomic E-state index is 0.0888. The fourth-order valence-corrected chi connectivity index (χ4v) is 3.87. The number of hydrogen-bond donors (Lipinski definition) is 0. The molecule has 138 valence electrons. The van der Waals surface area contributed by atoms with Gasteiger partial charge in [0.1, 0.15) is 5.82 Å². The second-order valence-corrected chi connectivity index (χ2v) is 7.68. The van der Waals surface area contributed by atoms with Gasteiger partial charge in [0, 0.05) is 31.1 Å². The lowest BCUT2D eigenvalue weighted by Gasteiger charge is -2.18. The van der Waals surface area contributed by atoms with Crippen LogP contribution in [0.1, 0.15) is 36.2 Å². The Morgan fingerprint density at radius 1 is 1.19 bits per heavy atom. The lowest BCUT2D eigenvalue weighted by atomic mass is 10.1. The molecule has 1 fully saturated rings. The molecule has 0 unspecified atom stereocenters. The van der Waals surface area contributed by atoms with Crippen LogP contribution in [0, 0.1) is 13.8 Å². The van der Waals surface area contributed by atoms with Gasteiger partial charge in [0.05, 0.1) is 11.0 Å². The number of benzene rings is 2. The van der Waals surface area contributed by atoms with E-state index in [0.717, 1.165) is 34.7 Å². The van der Waals surface area contributed by atoms with Crippen molar-refractivity contribution in [3.05, 3.63) is 71.6 Å². The van der Waals surface area contributed by atoms with Crippen LogP contribution in [-0.4, -0.2) is 22.0 Å². The Bertz CT molecular complexity index is 1050. The molecule has 1 aliphatic rings. The lowest BCUT2D eigenvalue weighted by Crippen LogP contribution is -2.24. The first-order valence-corrected chi connectivity index (χ1v) is 9.41. The number of carbonyl (C=O) groups excluding carboxylic acids is 1. The summed E-state index contributed by atoms with van der Waals surface area (Å²) in [4.78, 5) is 19.6. The minimum Gasteiger partial charge on any atom is -0.324 e. The van der Waals surface area contributed by atoms with Crippen molar-refractivity contribution in [1.29, 1.82) is 0 Å². The Balaban J connectivity index is 1.71. The van der Waals surface area contributed by atoms with E-state index in [4.69, 9.17) is 4.98 Å². The fourth-order valence-electron chi connectivity index (χ4n) is 3.87. The summed E-state index contributed by atoms with van der Waals surface area (Å²) in [6.45, 7) is 11.7. The molecule has 1 aliphatic heterocycles. The summed E-state index contributed by atoms with van der Waals surface area (Å²) >= 11 is 0. The smallest absolute Gasteiger partial charge is 0.227 e. The number of carbonyl (C=O) groups is 1. The number of aromatic nitrogens is 2. The molecule has 4 rings (SSSR count). The molecule has 1 amide bonds. The van der Waals surface area contributed by atoms with Crippen molar-refractivity contribution >= 4 is 22.6 Å². The van der Waals surface area contributed by atoms with Gasteiger partial charge in [-0.1, -0.05) is 30.4 Å². The summed E-state index contributed by atoms with van der Waals surface area (Å²) < 4.78 is 2.22. The maximum Gasteiger partial charge on any atom is 0.227 e. The van der Waals surface area contributed by atoms with Gasteiger partial charge >= 0.3 is 0 Å². The highest BCUT2D eigenvalue weighted by Gasteiger charge is 2.34. The van der Waals surface area contributed by atoms with Crippen LogP contribution in [0.4, 0.5) is 5.69 Å². The summed E-state index contributed by atoms with van der Waals surface area (Å²) in [7, 11) is 0. The summed E-state index contributed by atoms with van der Waals surface area (Å²) in [6, 6.07) is 14.4. The molecule has 1 aromatic heterocycles. The molecule has 2 aromatic carbocycles. The van der Waals surface area contributed by atoms with E-state index in [9.17, 15) is 4.79 Å². The first kappa shape index (κ1) is 17.5. The molecule has 0 spiro atoms. The van der Waals surface area contributed by atoms with Gasteiger partial charge in [0.2, 0.25) is 5.91 Å². The molecular weight excluding hydrogens is 334 g/mol. The van der Waals surface area contributed by atoms with Gasteiger partial charge in [-0.05, 0) is 56.2 Å². The molecule has 4 heteroatoms. The zero-order valence-electron chi connectivity index (χ0n) is 16.2. The van der Waals surface area contributed by atoms with Crippen molar-refractivity contribution < 1.29 is 4.79 Å². The van der Waals surface area contributed by atoms with Crippen LogP contribution in [-0.2, 0) is 11.3 Å². The van der Waals surface area contributed by atoms with Crippen molar-refractivity contribution in [3.8, 4) is 0 Å².